The van der Waals surface area contributed by atoms with Crippen LogP contribution in [0.4, 0.5) is 4.79 Å². The zero-order chi connectivity index (χ0) is 20.7. The molecule has 3 fully saturated rings. The molecule has 0 bridgehead atoms. The molecule has 2 aliphatic heterocycles. The van der Waals surface area contributed by atoms with Crippen molar-refractivity contribution in [3.8, 4) is 0 Å². The van der Waals surface area contributed by atoms with Crippen molar-refractivity contribution < 1.29 is 14.4 Å². The van der Waals surface area contributed by atoms with Crippen molar-refractivity contribution in [1.29, 1.82) is 0 Å². The van der Waals surface area contributed by atoms with Crippen LogP contribution in [0, 0.1) is 22.7 Å². The monoisotopic (exact) mass is 392 g/mol. The predicted octanol–water partition coefficient (Wildman–Crippen LogP) is 1.78. The highest BCUT2D eigenvalue weighted by Gasteiger charge is 2.65. The van der Waals surface area contributed by atoms with Gasteiger partial charge in [-0.05, 0) is 42.9 Å². The average Bonchev–Trinajstić information content (AvgIpc) is 3.17. The summed E-state index contributed by atoms with van der Waals surface area (Å²) < 4.78 is 0. The number of hydrogen-bond donors (Lipinski definition) is 1. The molecule has 28 heavy (non-hydrogen) atoms. The number of amides is 4. The summed E-state index contributed by atoms with van der Waals surface area (Å²) in [5.74, 6) is 0.847. The van der Waals surface area contributed by atoms with E-state index in [1.807, 2.05) is 23.9 Å². The topological polar surface area (TPSA) is 73.0 Å². The molecule has 0 radical (unpaired) electrons. The molecule has 158 valence electrons. The molecule has 2 heterocycles. The second-order valence-corrected chi connectivity index (χ2v) is 9.74. The Hall–Kier alpha value is -1.79. The second-order valence-electron chi connectivity index (χ2n) is 9.74. The zero-order valence-electron chi connectivity index (χ0n) is 18.1. The Balaban J connectivity index is 1.74. The molecule has 3 aliphatic rings. The number of urea groups is 1. The van der Waals surface area contributed by atoms with E-state index in [1.54, 1.807) is 11.8 Å². The van der Waals surface area contributed by atoms with Crippen LogP contribution in [0.2, 0.25) is 0 Å². The first-order valence-electron chi connectivity index (χ1n) is 10.6. The van der Waals surface area contributed by atoms with Gasteiger partial charge in [-0.2, -0.15) is 0 Å². The molecule has 0 aromatic heterocycles. The number of carbonyl (C=O) groups is 3. The van der Waals surface area contributed by atoms with E-state index in [2.05, 4.69) is 19.2 Å². The Morgan fingerprint density at radius 3 is 2.25 bits per heavy atom. The van der Waals surface area contributed by atoms with Gasteiger partial charge in [-0.25, -0.2) is 4.79 Å². The summed E-state index contributed by atoms with van der Waals surface area (Å²) in [4.78, 5) is 43.2. The standard InChI is InChI=1S/C21H36N4O3/c1-15(2)12-22-19(28)24-10-8-20(9-11-24)6-7-21(18(27)23(4)5)14-25(16(3)26)13-17(20)21/h15,17H,6-14H2,1-5H3,(H,22,28)/t17-,21+/m1/s1. The van der Waals surface area contributed by atoms with E-state index >= 15 is 0 Å². The van der Waals surface area contributed by atoms with Gasteiger partial charge < -0.3 is 20.0 Å². The molecule has 4 amide bonds. The maximum Gasteiger partial charge on any atom is 0.317 e. The lowest BCUT2D eigenvalue weighted by Crippen LogP contribution is -2.51. The van der Waals surface area contributed by atoms with Crippen LogP contribution in [-0.2, 0) is 9.59 Å². The SMILES string of the molecule is CC(=O)N1C[C@@H]2C3(CCN(C(=O)NCC(C)C)CC3)CC[C@]2(C(=O)N(C)C)C1. The van der Waals surface area contributed by atoms with Crippen LogP contribution in [-0.4, -0.2) is 79.4 Å². The van der Waals surface area contributed by atoms with Crippen LogP contribution in [0.3, 0.4) is 0 Å². The summed E-state index contributed by atoms with van der Waals surface area (Å²) >= 11 is 0. The fraction of sp³-hybridized carbons (Fsp3) is 0.857. The minimum atomic E-state index is -0.447. The molecule has 0 aromatic carbocycles. The Morgan fingerprint density at radius 2 is 1.71 bits per heavy atom. The first-order chi connectivity index (χ1) is 13.1. The lowest BCUT2D eigenvalue weighted by atomic mass is 9.65. The van der Waals surface area contributed by atoms with E-state index in [0.717, 1.165) is 38.8 Å². The fourth-order valence-electron chi connectivity index (χ4n) is 5.76. The van der Waals surface area contributed by atoms with Crippen LogP contribution >= 0.6 is 0 Å². The van der Waals surface area contributed by atoms with Crippen molar-refractivity contribution in [3.63, 3.8) is 0 Å². The Morgan fingerprint density at radius 1 is 1.07 bits per heavy atom. The molecular formula is C21H36N4O3. The van der Waals surface area contributed by atoms with Crippen molar-refractivity contribution in [3.05, 3.63) is 0 Å². The van der Waals surface area contributed by atoms with Crippen LogP contribution in [0.25, 0.3) is 0 Å². The van der Waals surface area contributed by atoms with Gasteiger partial charge in [0, 0.05) is 53.7 Å². The van der Waals surface area contributed by atoms with Gasteiger partial charge in [0.25, 0.3) is 0 Å². The summed E-state index contributed by atoms with van der Waals surface area (Å²) in [5, 5.41) is 3.01. The molecule has 7 heteroatoms. The third-order valence-corrected chi connectivity index (χ3v) is 7.34. The number of carbonyl (C=O) groups excluding carboxylic acids is 3. The number of nitrogens with one attached hydrogen (secondary N) is 1. The van der Waals surface area contributed by atoms with E-state index < -0.39 is 5.41 Å². The number of piperidine rings is 1. The highest BCUT2D eigenvalue weighted by molar-refractivity contribution is 5.86. The second kappa shape index (κ2) is 7.56. The Bertz CT molecular complexity index is 640. The first-order valence-corrected chi connectivity index (χ1v) is 10.6. The van der Waals surface area contributed by atoms with Crippen molar-refractivity contribution in [2.75, 3.05) is 46.8 Å². The molecule has 1 spiro atoms. The molecule has 1 saturated carbocycles. The molecule has 2 saturated heterocycles. The largest absolute Gasteiger partial charge is 0.348 e. The van der Waals surface area contributed by atoms with Crippen molar-refractivity contribution in [2.45, 2.75) is 46.5 Å². The quantitative estimate of drug-likeness (QED) is 0.796. The average molecular weight is 393 g/mol. The molecule has 0 aromatic rings. The number of nitrogens with zero attached hydrogens (tertiary/aromatic N) is 3. The minimum absolute atomic E-state index is 0.0222. The Kier molecular flexibility index (Phi) is 5.65. The number of likely N-dealkylation sites (tertiary alicyclic amines) is 2. The van der Waals surface area contributed by atoms with Gasteiger partial charge >= 0.3 is 6.03 Å². The lowest BCUT2D eigenvalue weighted by Gasteiger charge is -2.44. The summed E-state index contributed by atoms with van der Waals surface area (Å²) in [6.45, 7) is 9.15. The number of hydrogen-bond acceptors (Lipinski definition) is 3. The predicted molar refractivity (Wildman–Crippen MR) is 108 cm³/mol. The van der Waals surface area contributed by atoms with Crippen LogP contribution in [0.1, 0.15) is 46.5 Å². The maximum absolute atomic E-state index is 13.2. The minimum Gasteiger partial charge on any atom is -0.348 e. The third kappa shape index (κ3) is 3.48. The summed E-state index contributed by atoms with van der Waals surface area (Å²) in [7, 11) is 3.63. The van der Waals surface area contributed by atoms with Crippen LogP contribution < -0.4 is 5.32 Å². The molecule has 2 atom stereocenters. The molecule has 0 unspecified atom stereocenters. The fourth-order valence-corrected chi connectivity index (χ4v) is 5.76. The number of rotatable bonds is 3. The highest BCUT2D eigenvalue weighted by atomic mass is 16.2. The number of fused-ring (bicyclic) bond motifs is 2. The van der Waals surface area contributed by atoms with Gasteiger partial charge in [0.05, 0.1) is 5.41 Å². The third-order valence-electron chi connectivity index (χ3n) is 7.34. The molecular weight excluding hydrogens is 356 g/mol. The maximum atomic E-state index is 13.2. The zero-order valence-corrected chi connectivity index (χ0v) is 18.1. The summed E-state index contributed by atoms with van der Waals surface area (Å²) in [6.07, 6.45) is 3.70. The van der Waals surface area contributed by atoms with Crippen molar-refractivity contribution in [2.24, 2.45) is 22.7 Å². The molecule has 7 nitrogen and oxygen atoms in total. The first kappa shape index (κ1) is 20.9. The highest BCUT2D eigenvalue weighted by Crippen LogP contribution is 2.62. The molecule has 1 aliphatic carbocycles. The summed E-state index contributed by atoms with van der Waals surface area (Å²) in [6, 6.07) is 0.0222. The Labute approximate surface area is 168 Å². The van der Waals surface area contributed by atoms with Gasteiger partial charge in [0.15, 0.2) is 0 Å². The van der Waals surface area contributed by atoms with Crippen LogP contribution in [0.5, 0.6) is 0 Å². The van der Waals surface area contributed by atoms with Gasteiger partial charge in [0.2, 0.25) is 11.8 Å². The van der Waals surface area contributed by atoms with E-state index in [4.69, 9.17) is 0 Å². The van der Waals surface area contributed by atoms with Crippen LogP contribution in [0.15, 0.2) is 0 Å². The van der Waals surface area contributed by atoms with Crippen molar-refractivity contribution >= 4 is 17.8 Å². The van der Waals surface area contributed by atoms with E-state index in [9.17, 15) is 14.4 Å². The smallest absolute Gasteiger partial charge is 0.317 e. The lowest BCUT2D eigenvalue weighted by molar-refractivity contribution is -0.141. The van der Waals surface area contributed by atoms with E-state index in [0.29, 0.717) is 25.6 Å². The van der Waals surface area contributed by atoms with Gasteiger partial charge in [-0.3, -0.25) is 9.59 Å². The normalized spacial score (nSPS) is 28.6. The summed E-state index contributed by atoms with van der Waals surface area (Å²) in [5.41, 5.74) is -0.387. The van der Waals surface area contributed by atoms with Crippen molar-refractivity contribution in [1.82, 2.24) is 20.0 Å². The van der Waals surface area contributed by atoms with E-state index in [1.165, 1.54) is 0 Å². The van der Waals surface area contributed by atoms with E-state index in [-0.39, 0.29) is 29.2 Å². The van der Waals surface area contributed by atoms with Gasteiger partial charge in [-0.15, -0.1) is 0 Å². The molecule has 3 rings (SSSR count). The molecule has 1 N–H and O–H groups in total. The van der Waals surface area contributed by atoms with Gasteiger partial charge in [-0.1, -0.05) is 13.8 Å². The van der Waals surface area contributed by atoms with Gasteiger partial charge in [0.1, 0.15) is 0 Å².